The zero-order valence-electron chi connectivity index (χ0n) is 10.0. The third-order valence-corrected chi connectivity index (χ3v) is 3.32. The van der Waals surface area contributed by atoms with Gasteiger partial charge in [0.2, 0.25) is 5.82 Å². The van der Waals surface area contributed by atoms with Crippen molar-refractivity contribution in [1.82, 2.24) is 20.1 Å². The number of H-pyrrole nitrogens is 1. The molecule has 1 N–H and O–H groups in total. The first-order valence-electron chi connectivity index (χ1n) is 5.63. The minimum Gasteiger partial charge on any atom is -0.336 e. The smallest absolute Gasteiger partial charge is 0.291 e. The summed E-state index contributed by atoms with van der Waals surface area (Å²) >= 11 is 0. The van der Waals surface area contributed by atoms with E-state index in [1.165, 1.54) is 6.33 Å². The molecule has 5 nitrogen and oxygen atoms in total. The van der Waals surface area contributed by atoms with Gasteiger partial charge in [-0.05, 0) is 17.8 Å². The van der Waals surface area contributed by atoms with Crippen molar-refractivity contribution in [2.24, 2.45) is 11.3 Å². The predicted molar refractivity (Wildman–Crippen MR) is 59.8 cm³/mol. The number of nitrogens with zero attached hydrogens (tertiary/aromatic N) is 3. The zero-order chi connectivity index (χ0) is 11.8. The van der Waals surface area contributed by atoms with E-state index < -0.39 is 0 Å². The summed E-state index contributed by atoms with van der Waals surface area (Å²) in [5.74, 6) is 0.873. The van der Waals surface area contributed by atoms with Crippen LogP contribution in [-0.2, 0) is 0 Å². The van der Waals surface area contributed by atoms with E-state index in [2.05, 4.69) is 36.0 Å². The Balaban J connectivity index is 2.02. The topological polar surface area (TPSA) is 61.9 Å². The maximum Gasteiger partial charge on any atom is 0.291 e. The second-order valence-electron chi connectivity index (χ2n) is 5.44. The molecular weight excluding hydrogens is 204 g/mol. The van der Waals surface area contributed by atoms with Gasteiger partial charge >= 0.3 is 0 Å². The number of amides is 1. The molecule has 88 valence electrons. The van der Waals surface area contributed by atoms with Crippen LogP contribution in [0.4, 0.5) is 0 Å². The highest BCUT2D eigenvalue weighted by atomic mass is 16.2. The molecule has 0 saturated carbocycles. The van der Waals surface area contributed by atoms with Crippen molar-refractivity contribution < 1.29 is 4.79 Å². The van der Waals surface area contributed by atoms with Crippen LogP contribution in [0.2, 0.25) is 0 Å². The SMILES string of the molecule is CC(C)(C)C1CCN(C(=O)c2ncn[nH]2)C1. The molecule has 1 aromatic heterocycles. The Morgan fingerprint density at radius 1 is 1.56 bits per heavy atom. The van der Waals surface area contributed by atoms with E-state index in [1.807, 2.05) is 4.90 Å². The molecule has 1 amide bonds. The predicted octanol–water partition coefficient (Wildman–Crippen LogP) is 1.31. The molecule has 1 aromatic rings. The molecule has 1 fully saturated rings. The standard InChI is InChI=1S/C11H18N4O/c1-11(2,3)8-4-5-15(6-8)10(16)9-12-7-13-14-9/h7-8H,4-6H2,1-3H3,(H,12,13,14). The fraction of sp³-hybridized carbons (Fsp3) is 0.727. The maximum absolute atomic E-state index is 12.0. The number of hydrogen-bond acceptors (Lipinski definition) is 3. The number of nitrogens with one attached hydrogen (secondary N) is 1. The second-order valence-corrected chi connectivity index (χ2v) is 5.44. The van der Waals surface area contributed by atoms with E-state index in [0.717, 1.165) is 19.5 Å². The van der Waals surface area contributed by atoms with Crippen LogP contribution in [-0.4, -0.2) is 39.1 Å². The summed E-state index contributed by atoms with van der Waals surface area (Å²) in [6, 6.07) is 0. The summed E-state index contributed by atoms with van der Waals surface area (Å²) in [7, 11) is 0. The van der Waals surface area contributed by atoms with Gasteiger partial charge in [-0.25, -0.2) is 4.98 Å². The highest BCUT2D eigenvalue weighted by molar-refractivity contribution is 5.90. The number of hydrogen-bond donors (Lipinski definition) is 1. The van der Waals surface area contributed by atoms with Crippen molar-refractivity contribution in [1.29, 1.82) is 0 Å². The first kappa shape index (κ1) is 11.1. The lowest BCUT2D eigenvalue weighted by atomic mass is 9.80. The molecular formula is C11H18N4O. The Morgan fingerprint density at radius 2 is 2.31 bits per heavy atom. The Labute approximate surface area is 95.2 Å². The van der Waals surface area contributed by atoms with E-state index in [4.69, 9.17) is 0 Å². The van der Waals surface area contributed by atoms with E-state index in [-0.39, 0.29) is 11.3 Å². The van der Waals surface area contributed by atoms with Gasteiger partial charge in [-0.15, -0.1) is 0 Å². The molecule has 1 aliphatic heterocycles. The second kappa shape index (κ2) is 3.88. The molecule has 2 heterocycles. The summed E-state index contributed by atoms with van der Waals surface area (Å²) in [5.41, 5.74) is 0.260. The molecule has 0 bridgehead atoms. The Morgan fingerprint density at radius 3 is 2.81 bits per heavy atom. The van der Waals surface area contributed by atoms with Crippen molar-refractivity contribution in [3.63, 3.8) is 0 Å². The molecule has 1 unspecified atom stereocenters. The maximum atomic E-state index is 12.0. The number of rotatable bonds is 1. The molecule has 0 aliphatic carbocycles. The average Bonchev–Trinajstić information content (AvgIpc) is 2.87. The van der Waals surface area contributed by atoms with Crippen molar-refractivity contribution in [2.45, 2.75) is 27.2 Å². The third-order valence-electron chi connectivity index (χ3n) is 3.32. The number of carbonyl (C=O) groups excluding carboxylic acids is 1. The van der Waals surface area contributed by atoms with Crippen LogP contribution in [0.3, 0.4) is 0 Å². The monoisotopic (exact) mass is 222 g/mol. The zero-order valence-corrected chi connectivity index (χ0v) is 10.0. The molecule has 0 spiro atoms. The van der Waals surface area contributed by atoms with E-state index in [1.54, 1.807) is 0 Å². The van der Waals surface area contributed by atoms with Crippen molar-refractivity contribution in [2.75, 3.05) is 13.1 Å². The summed E-state index contributed by atoms with van der Waals surface area (Å²) < 4.78 is 0. The summed E-state index contributed by atoms with van der Waals surface area (Å²) in [6.07, 6.45) is 2.44. The molecule has 1 saturated heterocycles. The molecule has 1 aliphatic rings. The molecule has 1 atom stereocenters. The fourth-order valence-electron chi connectivity index (χ4n) is 2.11. The number of carbonyl (C=O) groups is 1. The quantitative estimate of drug-likeness (QED) is 0.779. The van der Waals surface area contributed by atoms with Gasteiger partial charge in [-0.2, -0.15) is 5.10 Å². The Bertz CT molecular complexity index is 366. The van der Waals surface area contributed by atoms with Gasteiger partial charge in [0, 0.05) is 13.1 Å². The first-order chi connectivity index (χ1) is 7.48. The third kappa shape index (κ3) is 2.08. The van der Waals surface area contributed by atoms with Gasteiger partial charge in [0.25, 0.3) is 5.91 Å². The van der Waals surface area contributed by atoms with Gasteiger partial charge in [0.1, 0.15) is 6.33 Å². The molecule has 2 rings (SSSR count). The fourth-order valence-corrected chi connectivity index (χ4v) is 2.11. The lowest BCUT2D eigenvalue weighted by molar-refractivity contribution is 0.0765. The Hall–Kier alpha value is -1.39. The molecule has 0 aromatic carbocycles. The van der Waals surface area contributed by atoms with E-state index in [0.29, 0.717) is 11.7 Å². The van der Waals surface area contributed by atoms with Gasteiger partial charge in [-0.1, -0.05) is 20.8 Å². The van der Waals surface area contributed by atoms with Crippen LogP contribution < -0.4 is 0 Å². The largest absolute Gasteiger partial charge is 0.336 e. The van der Waals surface area contributed by atoms with Gasteiger partial charge < -0.3 is 4.90 Å². The number of likely N-dealkylation sites (tertiary alicyclic amines) is 1. The van der Waals surface area contributed by atoms with E-state index >= 15 is 0 Å². The number of aromatic nitrogens is 3. The van der Waals surface area contributed by atoms with Crippen molar-refractivity contribution in [3.8, 4) is 0 Å². The van der Waals surface area contributed by atoms with Crippen LogP contribution in [0.25, 0.3) is 0 Å². The summed E-state index contributed by atoms with van der Waals surface area (Å²) in [4.78, 5) is 17.7. The Kier molecular flexibility index (Phi) is 2.69. The van der Waals surface area contributed by atoms with Gasteiger partial charge in [-0.3, -0.25) is 9.89 Å². The molecule has 16 heavy (non-hydrogen) atoms. The highest BCUT2D eigenvalue weighted by Crippen LogP contribution is 2.33. The van der Waals surface area contributed by atoms with Crippen molar-refractivity contribution in [3.05, 3.63) is 12.2 Å². The van der Waals surface area contributed by atoms with E-state index in [9.17, 15) is 4.79 Å². The average molecular weight is 222 g/mol. The van der Waals surface area contributed by atoms with Gasteiger partial charge in [0.15, 0.2) is 0 Å². The van der Waals surface area contributed by atoms with Crippen LogP contribution in [0.5, 0.6) is 0 Å². The summed E-state index contributed by atoms with van der Waals surface area (Å²) in [6.45, 7) is 8.31. The molecule has 0 radical (unpaired) electrons. The number of aromatic amines is 1. The lowest BCUT2D eigenvalue weighted by Gasteiger charge is -2.26. The lowest BCUT2D eigenvalue weighted by Crippen LogP contribution is -2.31. The molecule has 5 heteroatoms. The normalized spacial score (nSPS) is 21.4. The van der Waals surface area contributed by atoms with Crippen LogP contribution in [0.15, 0.2) is 6.33 Å². The first-order valence-corrected chi connectivity index (χ1v) is 5.63. The minimum atomic E-state index is -0.0377. The highest BCUT2D eigenvalue weighted by Gasteiger charge is 2.34. The summed E-state index contributed by atoms with van der Waals surface area (Å²) in [5, 5.41) is 6.31. The van der Waals surface area contributed by atoms with Crippen LogP contribution in [0.1, 0.15) is 37.8 Å². The van der Waals surface area contributed by atoms with Crippen molar-refractivity contribution >= 4 is 5.91 Å². The van der Waals surface area contributed by atoms with Gasteiger partial charge in [0.05, 0.1) is 0 Å². The van der Waals surface area contributed by atoms with Crippen LogP contribution in [0, 0.1) is 11.3 Å². The van der Waals surface area contributed by atoms with Crippen LogP contribution >= 0.6 is 0 Å². The minimum absolute atomic E-state index is 0.0377.